The van der Waals surface area contributed by atoms with Crippen LogP contribution in [0, 0.1) is 0 Å². The zero-order valence-electron chi connectivity index (χ0n) is 15.3. The lowest BCUT2D eigenvalue weighted by molar-refractivity contribution is -0.142. The Bertz CT molecular complexity index is 731. The van der Waals surface area contributed by atoms with Gasteiger partial charge in [0.1, 0.15) is 6.04 Å². The molecule has 1 saturated heterocycles. The molecule has 0 bridgehead atoms. The summed E-state index contributed by atoms with van der Waals surface area (Å²) in [6, 6.07) is 9.90. The van der Waals surface area contributed by atoms with Crippen molar-refractivity contribution in [2.75, 3.05) is 6.54 Å². The molecule has 0 aliphatic carbocycles. The van der Waals surface area contributed by atoms with Gasteiger partial charge in [-0.2, -0.15) is 5.10 Å². The highest BCUT2D eigenvalue weighted by atomic mass is 16.4. The van der Waals surface area contributed by atoms with Crippen LogP contribution in [0.3, 0.4) is 0 Å². The molecule has 134 valence electrons. The minimum absolute atomic E-state index is 0.0737. The molecule has 2 heterocycles. The average molecular weight is 341 g/mol. The molecule has 1 aliphatic heterocycles. The van der Waals surface area contributed by atoms with Crippen molar-refractivity contribution in [2.24, 2.45) is 0 Å². The normalized spacial score (nSPS) is 18.6. The number of nitrogens with zero attached hydrogens (tertiary/aromatic N) is 3. The van der Waals surface area contributed by atoms with Gasteiger partial charge in [0.25, 0.3) is 0 Å². The number of likely N-dealkylation sites (tertiary alicyclic amines) is 1. The number of aliphatic carboxylic acids is 1. The first-order valence-electron chi connectivity index (χ1n) is 8.92. The largest absolute Gasteiger partial charge is 0.480 e. The average Bonchev–Trinajstić information content (AvgIpc) is 3.15. The SMILES string of the molecule is CC(C)(C)c1nn(Cc2ccccc2)cc1CN1CCCC1C(=O)O. The smallest absolute Gasteiger partial charge is 0.320 e. The first-order valence-corrected chi connectivity index (χ1v) is 8.92. The van der Waals surface area contributed by atoms with Gasteiger partial charge in [-0.15, -0.1) is 0 Å². The van der Waals surface area contributed by atoms with E-state index in [1.165, 1.54) is 5.56 Å². The third-order valence-electron chi connectivity index (χ3n) is 4.76. The van der Waals surface area contributed by atoms with Crippen molar-refractivity contribution in [3.8, 4) is 0 Å². The molecule has 1 atom stereocenters. The van der Waals surface area contributed by atoms with Gasteiger partial charge in [-0.05, 0) is 24.9 Å². The van der Waals surface area contributed by atoms with Crippen molar-refractivity contribution in [1.82, 2.24) is 14.7 Å². The fraction of sp³-hybridized carbons (Fsp3) is 0.500. The van der Waals surface area contributed by atoms with Gasteiger partial charge < -0.3 is 5.11 Å². The van der Waals surface area contributed by atoms with Gasteiger partial charge in [0.15, 0.2) is 0 Å². The fourth-order valence-electron chi connectivity index (χ4n) is 3.58. The highest BCUT2D eigenvalue weighted by Gasteiger charge is 2.32. The second kappa shape index (κ2) is 7.00. The van der Waals surface area contributed by atoms with E-state index in [2.05, 4.69) is 44.0 Å². The molecule has 2 aromatic rings. The molecule has 1 N–H and O–H groups in total. The minimum Gasteiger partial charge on any atom is -0.480 e. The third-order valence-corrected chi connectivity index (χ3v) is 4.76. The summed E-state index contributed by atoms with van der Waals surface area (Å²) in [5.41, 5.74) is 3.33. The van der Waals surface area contributed by atoms with E-state index in [0.29, 0.717) is 6.54 Å². The lowest BCUT2D eigenvalue weighted by Gasteiger charge is -2.23. The second-order valence-electron chi connectivity index (χ2n) is 7.90. The Morgan fingerprint density at radius 1 is 1.24 bits per heavy atom. The number of hydrogen-bond donors (Lipinski definition) is 1. The van der Waals surface area contributed by atoms with E-state index in [4.69, 9.17) is 5.10 Å². The van der Waals surface area contributed by atoms with E-state index >= 15 is 0 Å². The molecule has 1 fully saturated rings. The van der Waals surface area contributed by atoms with Crippen LogP contribution in [0.5, 0.6) is 0 Å². The number of carboxylic acids is 1. The number of carboxylic acid groups (broad SMARTS) is 1. The summed E-state index contributed by atoms with van der Waals surface area (Å²) in [5.74, 6) is -0.716. The van der Waals surface area contributed by atoms with Gasteiger partial charge in [0, 0.05) is 23.7 Å². The van der Waals surface area contributed by atoms with Crippen LogP contribution in [0.25, 0.3) is 0 Å². The summed E-state index contributed by atoms with van der Waals surface area (Å²) in [6.07, 6.45) is 3.77. The molecule has 0 spiro atoms. The van der Waals surface area contributed by atoms with Crippen LogP contribution in [0.4, 0.5) is 0 Å². The van der Waals surface area contributed by atoms with Crippen LogP contribution in [0.1, 0.15) is 50.4 Å². The van der Waals surface area contributed by atoms with Gasteiger partial charge in [-0.25, -0.2) is 0 Å². The molecule has 5 nitrogen and oxygen atoms in total. The Hall–Kier alpha value is -2.14. The molecule has 1 aromatic heterocycles. The first-order chi connectivity index (χ1) is 11.8. The molecular weight excluding hydrogens is 314 g/mol. The Balaban J connectivity index is 1.85. The van der Waals surface area contributed by atoms with Gasteiger partial charge in [0.05, 0.1) is 12.2 Å². The molecule has 1 aromatic carbocycles. The van der Waals surface area contributed by atoms with Crippen molar-refractivity contribution in [1.29, 1.82) is 0 Å². The van der Waals surface area contributed by atoms with Gasteiger partial charge in [0.2, 0.25) is 0 Å². The maximum Gasteiger partial charge on any atom is 0.320 e. The zero-order chi connectivity index (χ0) is 18.0. The Kier molecular flexibility index (Phi) is 4.95. The second-order valence-corrected chi connectivity index (χ2v) is 7.90. The van der Waals surface area contributed by atoms with Crippen LogP contribution in [-0.2, 0) is 23.3 Å². The van der Waals surface area contributed by atoms with Crippen molar-refractivity contribution in [3.63, 3.8) is 0 Å². The van der Waals surface area contributed by atoms with Crippen LogP contribution < -0.4 is 0 Å². The lowest BCUT2D eigenvalue weighted by atomic mass is 9.89. The zero-order valence-corrected chi connectivity index (χ0v) is 15.3. The minimum atomic E-state index is -0.716. The predicted molar refractivity (Wildman–Crippen MR) is 97.5 cm³/mol. The molecule has 0 radical (unpaired) electrons. The number of hydrogen-bond acceptors (Lipinski definition) is 3. The molecule has 1 unspecified atom stereocenters. The summed E-state index contributed by atoms with van der Waals surface area (Å²) in [6.45, 7) is 8.69. The van der Waals surface area contributed by atoms with E-state index in [-0.39, 0.29) is 11.5 Å². The van der Waals surface area contributed by atoms with Crippen LogP contribution in [0.2, 0.25) is 0 Å². The standard InChI is InChI=1S/C20H27N3O2/c1-20(2,3)18-16(13-22-11-7-10-17(22)19(24)25)14-23(21-18)12-15-8-5-4-6-9-15/h4-6,8-9,14,17H,7,10-13H2,1-3H3,(H,24,25). The summed E-state index contributed by atoms with van der Waals surface area (Å²) < 4.78 is 1.98. The van der Waals surface area contributed by atoms with Crippen molar-refractivity contribution in [3.05, 3.63) is 53.3 Å². The summed E-state index contributed by atoms with van der Waals surface area (Å²) in [4.78, 5) is 13.5. The topological polar surface area (TPSA) is 58.4 Å². The Labute approximate surface area is 149 Å². The molecule has 5 heteroatoms. The van der Waals surface area contributed by atoms with E-state index in [1.54, 1.807) is 0 Å². The molecular formula is C20H27N3O2. The van der Waals surface area contributed by atoms with E-state index < -0.39 is 5.97 Å². The quantitative estimate of drug-likeness (QED) is 0.907. The maximum absolute atomic E-state index is 11.5. The van der Waals surface area contributed by atoms with Crippen molar-refractivity contribution >= 4 is 5.97 Å². The maximum atomic E-state index is 11.5. The third kappa shape index (κ3) is 4.10. The molecule has 0 amide bonds. The van der Waals surface area contributed by atoms with Gasteiger partial charge >= 0.3 is 5.97 Å². The van der Waals surface area contributed by atoms with E-state index in [0.717, 1.165) is 37.2 Å². The van der Waals surface area contributed by atoms with E-state index in [9.17, 15) is 9.90 Å². The lowest BCUT2D eigenvalue weighted by Crippen LogP contribution is -2.35. The van der Waals surface area contributed by atoms with Crippen LogP contribution >= 0.6 is 0 Å². The molecule has 0 saturated carbocycles. The molecule has 1 aliphatic rings. The van der Waals surface area contributed by atoms with Gasteiger partial charge in [-0.3, -0.25) is 14.4 Å². The van der Waals surface area contributed by atoms with Crippen molar-refractivity contribution < 1.29 is 9.90 Å². The number of benzene rings is 1. The predicted octanol–water partition coefficient (Wildman–Crippen LogP) is 3.28. The fourth-order valence-corrected chi connectivity index (χ4v) is 3.58. The van der Waals surface area contributed by atoms with Gasteiger partial charge in [-0.1, -0.05) is 51.1 Å². The highest BCUT2D eigenvalue weighted by molar-refractivity contribution is 5.73. The monoisotopic (exact) mass is 341 g/mol. The molecule has 3 rings (SSSR count). The summed E-state index contributed by atoms with van der Waals surface area (Å²) in [5, 5.41) is 14.3. The first kappa shape index (κ1) is 17.7. The summed E-state index contributed by atoms with van der Waals surface area (Å²) in [7, 11) is 0. The number of rotatable bonds is 5. The van der Waals surface area contributed by atoms with Crippen LogP contribution in [-0.4, -0.2) is 38.3 Å². The number of carbonyl (C=O) groups is 1. The summed E-state index contributed by atoms with van der Waals surface area (Å²) >= 11 is 0. The Morgan fingerprint density at radius 3 is 2.60 bits per heavy atom. The van der Waals surface area contributed by atoms with E-state index in [1.807, 2.05) is 22.9 Å². The highest BCUT2D eigenvalue weighted by Crippen LogP contribution is 2.28. The van der Waals surface area contributed by atoms with Crippen molar-refractivity contribution in [2.45, 2.75) is 58.2 Å². The molecule has 25 heavy (non-hydrogen) atoms. The number of aromatic nitrogens is 2. The van der Waals surface area contributed by atoms with Crippen LogP contribution in [0.15, 0.2) is 36.5 Å². The Morgan fingerprint density at radius 2 is 1.96 bits per heavy atom.